The van der Waals surface area contributed by atoms with E-state index in [4.69, 9.17) is 4.74 Å². The third-order valence-electron chi connectivity index (χ3n) is 3.43. The van der Waals surface area contributed by atoms with E-state index in [1.807, 2.05) is 23.7 Å². The lowest BCUT2D eigenvalue weighted by molar-refractivity contribution is 0.0987. The maximum atomic E-state index is 12.6. The van der Waals surface area contributed by atoms with Gasteiger partial charge in [-0.15, -0.1) is 0 Å². The Labute approximate surface area is 133 Å². The predicted octanol–water partition coefficient (Wildman–Crippen LogP) is 3.66. The van der Waals surface area contributed by atoms with E-state index in [0.717, 1.165) is 28.8 Å². The number of carbonyl (C=O) groups excluding carboxylic acids is 1. The minimum Gasteiger partial charge on any atom is -0.496 e. The van der Waals surface area contributed by atoms with Gasteiger partial charge in [-0.2, -0.15) is 5.10 Å². The van der Waals surface area contributed by atoms with Crippen LogP contribution in [0.25, 0.3) is 0 Å². The first-order valence-corrected chi connectivity index (χ1v) is 7.81. The summed E-state index contributed by atoms with van der Waals surface area (Å²) in [7, 11) is 1.58. The molecule has 1 aromatic heterocycles. The fourth-order valence-corrected chi connectivity index (χ4v) is 3.01. The number of para-hydroxylation sites is 1. The number of halogens is 1. The summed E-state index contributed by atoms with van der Waals surface area (Å²) in [5, 5.41) is 4.52. The van der Waals surface area contributed by atoms with Crippen LogP contribution in [-0.4, -0.2) is 22.7 Å². The largest absolute Gasteiger partial charge is 0.496 e. The van der Waals surface area contributed by atoms with Gasteiger partial charge in [-0.1, -0.05) is 19.1 Å². The van der Waals surface area contributed by atoms with Crippen molar-refractivity contribution in [3.8, 4) is 5.75 Å². The van der Waals surface area contributed by atoms with Crippen molar-refractivity contribution in [3.05, 3.63) is 45.7 Å². The van der Waals surface area contributed by atoms with Crippen molar-refractivity contribution in [2.75, 3.05) is 7.11 Å². The fraction of sp³-hybridized carbons (Fsp3) is 0.375. The number of methoxy groups -OCH3 is 1. The number of rotatable bonds is 6. The summed E-state index contributed by atoms with van der Waals surface area (Å²) < 4.78 is 8.09. The standard InChI is InChI=1S/C16H19BrN2O2/c1-4-12-16(17)13(19(5-2)18-12)10-14(20)11-8-6-7-9-15(11)21-3/h6-9H,4-5,10H2,1-3H3. The van der Waals surface area contributed by atoms with Crippen molar-refractivity contribution in [2.24, 2.45) is 0 Å². The maximum absolute atomic E-state index is 12.6. The first-order chi connectivity index (χ1) is 10.1. The van der Waals surface area contributed by atoms with E-state index in [9.17, 15) is 4.79 Å². The van der Waals surface area contributed by atoms with E-state index in [2.05, 4.69) is 28.0 Å². The van der Waals surface area contributed by atoms with Crippen LogP contribution in [0.15, 0.2) is 28.7 Å². The number of aryl methyl sites for hydroxylation is 2. The van der Waals surface area contributed by atoms with Gasteiger partial charge >= 0.3 is 0 Å². The molecule has 2 rings (SSSR count). The van der Waals surface area contributed by atoms with Gasteiger partial charge in [0, 0.05) is 6.54 Å². The summed E-state index contributed by atoms with van der Waals surface area (Å²) in [6.07, 6.45) is 1.14. The SMILES string of the molecule is CCc1nn(CC)c(CC(=O)c2ccccc2OC)c1Br. The molecule has 0 saturated heterocycles. The van der Waals surface area contributed by atoms with Crippen molar-refractivity contribution in [1.82, 2.24) is 9.78 Å². The van der Waals surface area contributed by atoms with Crippen LogP contribution in [0.3, 0.4) is 0 Å². The first kappa shape index (κ1) is 15.8. The highest BCUT2D eigenvalue weighted by molar-refractivity contribution is 9.10. The second-order valence-electron chi connectivity index (χ2n) is 4.68. The van der Waals surface area contributed by atoms with Gasteiger partial charge in [0.1, 0.15) is 5.75 Å². The zero-order valence-corrected chi connectivity index (χ0v) is 14.1. The van der Waals surface area contributed by atoms with Crippen LogP contribution >= 0.6 is 15.9 Å². The smallest absolute Gasteiger partial charge is 0.172 e. The number of nitrogens with zero attached hydrogens (tertiary/aromatic N) is 2. The van der Waals surface area contributed by atoms with Crippen LogP contribution < -0.4 is 4.74 Å². The Kier molecular flexibility index (Phi) is 5.17. The molecule has 0 spiro atoms. The molecular weight excluding hydrogens is 332 g/mol. The van der Waals surface area contributed by atoms with Crippen LogP contribution in [0.1, 0.15) is 35.6 Å². The highest BCUT2D eigenvalue weighted by Gasteiger charge is 2.19. The van der Waals surface area contributed by atoms with Crippen molar-refractivity contribution in [3.63, 3.8) is 0 Å². The van der Waals surface area contributed by atoms with Gasteiger partial charge < -0.3 is 4.74 Å². The molecule has 0 bridgehead atoms. The molecule has 5 heteroatoms. The second kappa shape index (κ2) is 6.89. The normalized spacial score (nSPS) is 10.7. The summed E-state index contributed by atoms with van der Waals surface area (Å²) in [5.41, 5.74) is 2.51. The van der Waals surface area contributed by atoms with Gasteiger partial charge in [0.05, 0.1) is 35.0 Å². The van der Waals surface area contributed by atoms with Crippen LogP contribution in [0.5, 0.6) is 5.75 Å². The van der Waals surface area contributed by atoms with Crippen LogP contribution in [-0.2, 0) is 19.4 Å². The Hall–Kier alpha value is -1.62. The maximum Gasteiger partial charge on any atom is 0.172 e. The molecule has 0 radical (unpaired) electrons. The highest BCUT2D eigenvalue weighted by atomic mass is 79.9. The predicted molar refractivity (Wildman–Crippen MR) is 86.0 cm³/mol. The molecule has 1 heterocycles. The molecule has 0 amide bonds. The summed E-state index contributed by atoms with van der Waals surface area (Å²) in [6, 6.07) is 7.30. The number of aromatic nitrogens is 2. The van der Waals surface area contributed by atoms with Gasteiger partial charge in [0.2, 0.25) is 0 Å². The van der Waals surface area contributed by atoms with E-state index < -0.39 is 0 Å². The van der Waals surface area contributed by atoms with Gasteiger partial charge in [-0.25, -0.2) is 0 Å². The lowest BCUT2D eigenvalue weighted by atomic mass is 10.1. The third kappa shape index (κ3) is 3.18. The molecule has 0 unspecified atom stereocenters. The summed E-state index contributed by atoms with van der Waals surface area (Å²) in [4.78, 5) is 12.6. The molecule has 0 aliphatic heterocycles. The average Bonchev–Trinajstić information content (AvgIpc) is 2.83. The lowest BCUT2D eigenvalue weighted by Crippen LogP contribution is -2.11. The topological polar surface area (TPSA) is 44.1 Å². The first-order valence-electron chi connectivity index (χ1n) is 7.02. The quantitative estimate of drug-likeness (QED) is 0.746. The lowest BCUT2D eigenvalue weighted by Gasteiger charge is -2.08. The molecule has 21 heavy (non-hydrogen) atoms. The molecule has 0 aliphatic carbocycles. The van der Waals surface area contributed by atoms with Crippen LogP contribution in [0, 0.1) is 0 Å². The number of ketones is 1. The number of benzene rings is 1. The van der Waals surface area contributed by atoms with E-state index in [1.54, 1.807) is 19.2 Å². The van der Waals surface area contributed by atoms with Crippen LogP contribution in [0.2, 0.25) is 0 Å². The summed E-state index contributed by atoms with van der Waals surface area (Å²) in [5.74, 6) is 0.641. The molecule has 4 nitrogen and oxygen atoms in total. The van der Waals surface area contributed by atoms with E-state index in [0.29, 0.717) is 17.7 Å². The average molecular weight is 351 g/mol. The van der Waals surface area contributed by atoms with Crippen molar-refractivity contribution >= 4 is 21.7 Å². The van der Waals surface area contributed by atoms with Gasteiger partial charge in [0.25, 0.3) is 0 Å². The van der Waals surface area contributed by atoms with E-state index in [1.165, 1.54) is 0 Å². The number of Topliss-reactive ketones (excluding diaryl/α,β-unsaturated/α-hetero) is 1. The molecule has 0 saturated carbocycles. The van der Waals surface area contributed by atoms with Gasteiger partial charge in [-0.05, 0) is 41.4 Å². The van der Waals surface area contributed by atoms with Crippen molar-refractivity contribution < 1.29 is 9.53 Å². The van der Waals surface area contributed by atoms with Gasteiger partial charge in [0.15, 0.2) is 5.78 Å². The number of hydrogen-bond acceptors (Lipinski definition) is 3. The molecule has 0 fully saturated rings. The zero-order valence-electron chi connectivity index (χ0n) is 12.5. The molecule has 0 aliphatic rings. The fourth-order valence-electron chi connectivity index (χ4n) is 2.31. The monoisotopic (exact) mass is 350 g/mol. The molecule has 1 aromatic carbocycles. The summed E-state index contributed by atoms with van der Waals surface area (Å²) in [6.45, 7) is 4.82. The molecule has 112 valence electrons. The Balaban J connectivity index is 2.33. The minimum atomic E-state index is 0.0328. The zero-order chi connectivity index (χ0) is 15.4. The molecule has 2 aromatic rings. The molecular formula is C16H19BrN2O2. The Morgan fingerprint density at radius 2 is 2.05 bits per heavy atom. The number of carbonyl (C=O) groups is 1. The number of ether oxygens (including phenoxy) is 1. The Morgan fingerprint density at radius 3 is 2.67 bits per heavy atom. The number of hydrogen-bond donors (Lipinski definition) is 0. The summed E-state index contributed by atoms with van der Waals surface area (Å²) >= 11 is 3.57. The third-order valence-corrected chi connectivity index (χ3v) is 4.34. The van der Waals surface area contributed by atoms with Crippen molar-refractivity contribution in [2.45, 2.75) is 33.2 Å². The Morgan fingerprint density at radius 1 is 1.33 bits per heavy atom. The van der Waals surface area contributed by atoms with Crippen molar-refractivity contribution in [1.29, 1.82) is 0 Å². The van der Waals surface area contributed by atoms with Crippen LogP contribution in [0.4, 0.5) is 0 Å². The molecule has 0 N–H and O–H groups in total. The second-order valence-corrected chi connectivity index (χ2v) is 5.47. The van der Waals surface area contributed by atoms with E-state index >= 15 is 0 Å². The minimum absolute atomic E-state index is 0.0328. The Bertz CT molecular complexity index is 650. The van der Waals surface area contributed by atoms with E-state index in [-0.39, 0.29) is 5.78 Å². The molecule has 0 atom stereocenters. The van der Waals surface area contributed by atoms with Gasteiger partial charge in [-0.3, -0.25) is 9.48 Å². The highest BCUT2D eigenvalue weighted by Crippen LogP contribution is 2.25.